The van der Waals surface area contributed by atoms with Crippen molar-refractivity contribution in [1.29, 1.82) is 0 Å². The molecule has 0 radical (unpaired) electrons. The molecule has 0 saturated carbocycles. The van der Waals surface area contributed by atoms with Crippen molar-refractivity contribution >= 4 is 60.9 Å². The van der Waals surface area contributed by atoms with Crippen LogP contribution in [0, 0.1) is 0 Å². The number of para-hydroxylation sites is 1. The molecule has 0 saturated heterocycles. The van der Waals surface area contributed by atoms with Crippen molar-refractivity contribution in [1.82, 2.24) is 0 Å². The Morgan fingerprint density at radius 2 is 0.754 bits per heavy atom. The van der Waals surface area contributed by atoms with Gasteiger partial charge in [0.2, 0.25) is 0 Å². The Morgan fingerprint density at radius 1 is 0.298 bits per heavy atom. The van der Waals surface area contributed by atoms with Crippen LogP contribution in [-0.4, -0.2) is 0 Å². The highest BCUT2D eigenvalue weighted by molar-refractivity contribution is 6.19. The normalized spacial score (nSPS) is 11.5. The van der Waals surface area contributed by atoms with Crippen molar-refractivity contribution < 1.29 is 8.83 Å². The van der Waals surface area contributed by atoms with Crippen molar-refractivity contribution in [2.24, 2.45) is 0 Å². The van der Waals surface area contributed by atoms with Crippen LogP contribution in [0.4, 0.5) is 17.1 Å². The van der Waals surface area contributed by atoms with Crippen molar-refractivity contribution in [3.8, 4) is 44.5 Å². The zero-order chi connectivity index (χ0) is 37.7. The molecule has 9 aromatic carbocycles. The van der Waals surface area contributed by atoms with Crippen molar-refractivity contribution in [3.05, 3.63) is 212 Å². The molecule has 0 spiro atoms. The van der Waals surface area contributed by atoms with Crippen LogP contribution in [0.2, 0.25) is 0 Å². The number of rotatable bonds is 7. The Bertz CT molecular complexity index is 3180. The average molecular weight is 730 g/mol. The summed E-state index contributed by atoms with van der Waals surface area (Å²) in [6.07, 6.45) is 0. The molecule has 3 heteroatoms. The molecule has 0 fully saturated rings. The fraction of sp³-hybridized carbons (Fsp3) is 0. The smallest absolute Gasteiger partial charge is 0.143 e. The van der Waals surface area contributed by atoms with E-state index in [0.29, 0.717) is 0 Å². The quantitative estimate of drug-likeness (QED) is 0.164. The summed E-state index contributed by atoms with van der Waals surface area (Å²) < 4.78 is 13.4. The van der Waals surface area contributed by atoms with Gasteiger partial charge in [0.1, 0.15) is 22.3 Å². The number of benzene rings is 9. The fourth-order valence-corrected chi connectivity index (χ4v) is 8.28. The molecule has 0 aliphatic carbocycles. The minimum atomic E-state index is 0.825. The molecule has 268 valence electrons. The van der Waals surface area contributed by atoms with Gasteiger partial charge in [0.05, 0.1) is 11.1 Å². The second kappa shape index (κ2) is 13.6. The highest BCUT2D eigenvalue weighted by Crippen LogP contribution is 2.46. The summed E-state index contributed by atoms with van der Waals surface area (Å²) in [5, 5.41) is 4.15. The molecule has 0 bridgehead atoms. The summed E-state index contributed by atoms with van der Waals surface area (Å²) in [5.74, 6) is 0. The molecule has 0 atom stereocenters. The van der Waals surface area contributed by atoms with E-state index in [-0.39, 0.29) is 0 Å². The van der Waals surface area contributed by atoms with E-state index in [1.165, 1.54) is 27.8 Å². The molecule has 2 aromatic heterocycles. The highest BCUT2D eigenvalue weighted by atomic mass is 16.3. The lowest BCUT2D eigenvalue weighted by atomic mass is 10.00. The number of hydrogen-bond donors (Lipinski definition) is 0. The van der Waals surface area contributed by atoms with Gasteiger partial charge in [0.25, 0.3) is 0 Å². The van der Waals surface area contributed by atoms with Gasteiger partial charge >= 0.3 is 0 Å². The van der Waals surface area contributed by atoms with Crippen molar-refractivity contribution in [2.75, 3.05) is 4.90 Å². The van der Waals surface area contributed by atoms with Gasteiger partial charge in [0, 0.05) is 33.1 Å². The number of anilines is 3. The van der Waals surface area contributed by atoms with Crippen LogP contribution in [0.1, 0.15) is 0 Å². The van der Waals surface area contributed by atoms with Crippen LogP contribution in [-0.2, 0) is 0 Å². The second-order valence-electron chi connectivity index (χ2n) is 14.5. The molecule has 2 heterocycles. The van der Waals surface area contributed by atoms with E-state index in [1.807, 2.05) is 6.07 Å². The SMILES string of the molecule is c1ccc(-c2ccc(-c3ccc(N(c4ccc(-c5ccccc5)cc4)c4cccc5oc6cc7c(cc6c45)oc4c(-c5ccccc5)cccc47)cc3)cc2)cc1. The van der Waals surface area contributed by atoms with Gasteiger partial charge < -0.3 is 13.7 Å². The molecule has 0 aliphatic rings. The third-order valence-corrected chi connectivity index (χ3v) is 11.1. The topological polar surface area (TPSA) is 29.5 Å². The number of hydrogen-bond acceptors (Lipinski definition) is 3. The Hall–Kier alpha value is -7.62. The molecular weight excluding hydrogens is 695 g/mol. The minimum Gasteiger partial charge on any atom is -0.456 e. The Morgan fingerprint density at radius 3 is 1.32 bits per heavy atom. The van der Waals surface area contributed by atoms with E-state index in [0.717, 1.165) is 77.6 Å². The summed E-state index contributed by atoms with van der Waals surface area (Å²) in [5.41, 5.74) is 15.8. The van der Waals surface area contributed by atoms with Crippen LogP contribution in [0.3, 0.4) is 0 Å². The first kappa shape index (κ1) is 32.8. The maximum Gasteiger partial charge on any atom is 0.143 e. The van der Waals surface area contributed by atoms with Gasteiger partial charge in [-0.2, -0.15) is 0 Å². The van der Waals surface area contributed by atoms with Gasteiger partial charge in [-0.05, 0) is 87.5 Å². The van der Waals surface area contributed by atoms with E-state index in [4.69, 9.17) is 8.83 Å². The number of nitrogens with zero attached hydrogens (tertiary/aromatic N) is 1. The van der Waals surface area contributed by atoms with E-state index < -0.39 is 0 Å². The zero-order valence-electron chi connectivity index (χ0n) is 31.0. The first-order chi connectivity index (χ1) is 28.2. The summed E-state index contributed by atoms with van der Waals surface area (Å²) in [6, 6.07) is 75.0. The van der Waals surface area contributed by atoms with E-state index in [1.54, 1.807) is 0 Å². The largest absolute Gasteiger partial charge is 0.456 e. The molecule has 0 N–H and O–H groups in total. The van der Waals surface area contributed by atoms with Crippen LogP contribution >= 0.6 is 0 Å². The predicted molar refractivity (Wildman–Crippen MR) is 237 cm³/mol. The minimum absolute atomic E-state index is 0.825. The van der Waals surface area contributed by atoms with Crippen LogP contribution < -0.4 is 4.90 Å². The maximum atomic E-state index is 6.72. The molecule has 3 nitrogen and oxygen atoms in total. The first-order valence-electron chi connectivity index (χ1n) is 19.3. The van der Waals surface area contributed by atoms with Crippen LogP contribution in [0.15, 0.2) is 221 Å². The molecule has 11 rings (SSSR count). The monoisotopic (exact) mass is 729 g/mol. The molecule has 0 aliphatic heterocycles. The first-order valence-corrected chi connectivity index (χ1v) is 19.3. The van der Waals surface area contributed by atoms with Crippen molar-refractivity contribution in [2.45, 2.75) is 0 Å². The van der Waals surface area contributed by atoms with Crippen LogP contribution in [0.5, 0.6) is 0 Å². The molecule has 11 aromatic rings. The van der Waals surface area contributed by atoms with Gasteiger partial charge in [-0.25, -0.2) is 0 Å². The van der Waals surface area contributed by atoms with E-state index in [2.05, 4.69) is 211 Å². The van der Waals surface area contributed by atoms with Gasteiger partial charge in [0.15, 0.2) is 0 Å². The van der Waals surface area contributed by atoms with E-state index in [9.17, 15) is 0 Å². The summed E-state index contributed by atoms with van der Waals surface area (Å²) in [6.45, 7) is 0. The average Bonchev–Trinajstić information content (AvgIpc) is 3.85. The van der Waals surface area contributed by atoms with Crippen molar-refractivity contribution in [3.63, 3.8) is 0 Å². The van der Waals surface area contributed by atoms with Gasteiger partial charge in [-0.1, -0.05) is 164 Å². The summed E-state index contributed by atoms with van der Waals surface area (Å²) in [7, 11) is 0. The van der Waals surface area contributed by atoms with Gasteiger partial charge in [-0.15, -0.1) is 0 Å². The second-order valence-corrected chi connectivity index (χ2v) is 14.5. The molecule has 57 heavy (non-hydrogen) atoms. The summed E-state index contributed by atoms with van der Waals surface area (Å²) in [4.78, 5) is 2.34. The lowest BCUT2D eigenvalue weighted by Crippen LogP contribution is -2.10. The lowest BCUT2D eigenvalue weighted by molar-refractivity contribution is 0.664. The van der Waals surface area contributed by atoms with Gasteiger partial charge in [-0.3, -0.25) is 0 Å². The Balaban J connectivity index is 1.05. The van der Waals surface area contributed by atoms with E-state index >= 15 is 0 Å². The third-order valence-electron chi connectivity index (χ3n) is 11.1. The third kappa shape index (κ3) is 5.76. The van der Waals surface area contributed by atoms with Crippen LogP contribution in [0.25, 0.3) is 88.4 Å². The number of fused-ring (bicyclic) bond motifs is 6. The Kier molecular flexibility index (Phi) is 7.82. The predicted octanol–water partition coefficient (Wildman–Crippen LogP) is 15.6. The Labute approximate surface area is 330 Å². The summed E-state index contributed by atoms with van der Waals surface area (Å²) >= 11 is 0. The standard InChI is InChI=1S/C54H35NO2/c1-4-12-36(13-5-1)38-22-24-39(25-23-38)41-28-32-44(33-29-41)55(43-30-26-40(27-31-43)37-14-6-2-7-15-37)49-20-11-21-50-53(49)48-35-51-47(34-52(48)56-50)46-19-10-18-45(54(46)57-51)42-16-8-3-9-17-42/h1-35H. The number of furan rings is 2. The molecule has 0 unspecified atom stereocenters. The fourth-order valence-electron chi connectivity index (χ4n) is 8.28. The lowest BCUT2D eigenvalue weighted by Gasteiger charge is -2.26. The highest BCUT2D eigenvalue weighted by Gasteiger charge is 2.22. The zero-order valence-corrected chi connectivity index (χ0v) is 31.0. The molecular formula is C54H35NO2. The molecule has 0 amide bonds. The maximum absolute atomic E-state index is 6.72.